The van der Waals surface area contributed by atoms with E-state index in [2.05, 4.69) is 9.88 Å². The summed E-state index contributed by atoms with van der Waals surface area (Å²) in [6.45, 7) is 0.493. The molecule has 1 aromatic carbocycles. The molecule has 0 aliphatic heterocycles. The Morgan fingerprint density at radius 1 is 1.16 bits per heavy atom. The Labute approximate surface area is 111 Å². The van der Waals surface area contributed by atoms with E-state index >= 15 is 0 Å². The van der Waals surface area contributed by atoms with Gasteiger partial charge in [-0.15, -0.1) is 0 Å². The van der Waals surface area contributed by atoms with Gasteiger partial charge in [-0.25, -0.2) is 9.37 Å². The lowest BCUT2D eigenvalue weighted by Gasteiger charge is -2.23. The van der Waals surface area contributed by atoms with Crippen LogP contribution in [0.5, 0.6) is 0 Å². The topological polar surface area (TPSA) is 42.1 Å². The van der Waals surface area contributed by atoms with Crippen molar-refractivity contribution < 1.29 is 4.39 Å². The maximum absolute atomic E-state index is 13.0. The number of hydrogen-bond donors (Lipinski definition) is 1. The highest BCUT2D eigenvalue weighted by Crippen LogP contribution is 2.37. The van der Waals surface area contributed by atoms with Gasteiger partial charge >= 0.3 is 0 Å². The lowest BCUT2D eigenvalue weighted by molar-refractivity contribution is 0.627. The average Bonchev–Trinajstić information content (AvgIpc) is 3.27. The number of rotatable bonds is 4. The van der Waals surface area contributed by atoms with E-state index in [1.165, 1.54) is 12.1 Å². The second-order valence-electron chi connectivity index (χ2n) is 4.81. The largest absolute Gasteiger partial charge is 0.326 e. The third kappa shape index (κ3) is 2.58. The molecule has 0 saturated heterocycles. The molecule has 4 heteroatoms. The van der Waals surface area contributed by atoms with Crippen molar-refractivity contribution in [1.82, 2.24) is 4.98 Å². The molecular weight excluding hydrogens is 241 g/mol. The van der Waals surface area contributed by atoms with Gasteiger partial charge in [0, 0.05) is 24.5 Å². The van der Waals surface area contributed by atoms with E-state index < -0.39 is 0 Å². The Bertz CT molecular complexity index is 547. The fraction of sp³-hybridized carbons (Fsp3) is 0.267. The summed E-state index contributed by atoms with van der Waals surface area (Å²) < 4.78 is 13.0. The molecule has 0 atom stereocenters. The van der Waals surface area contributed by atoms with E-state index in [-0.39, 0.29) is 5.82 Å². The fourth-order valence-corrected chi connectivity index (χ4v) is 2.14. The Hall–Kier alpha value is -1.94. The van der Waals surface area contributed by atoms with Crippen molar-refractivity contribution in [3.05, 3.63) is 54.0 Å². The lowest BCUT2D eigenvalue weighted by atomic mass is 10.2. The number of nitrogens with two attached hydrogens (primary N) is 1. The molecule has 0 radical (unpaired) electrons. The van der Waals surface area contributed by atoms with Crippen LogP contribution in [-0.4, -0.2) is 11.0 Å². The first kappa shape index (κ1) is 12.1. The third-order valence-electron chi connectivity index (χ3n) is 3.31. The maximum atomic E-state index is 13.0. The van der Waals surface area contributed by atoms with E-state index in [0.29, 0.717) is 12.6 Å². The summed E-state index contributed by atoms with van der Waals surface area (Å²) in [5.41, 5.74) is 7.58. The van der Waals surface area contributed by atoms with Gasteiger partial charge in [0.2, 0.25) is 0 Å². The fourth-order valence-electron chi connectivity index (χ4n) is 2.14. The van der Waals surface area contributed by atoms with Crippen molar-refractivity contribution in [2.75, 3.05) is 4.90 Å². The van der Waals surface area contributed by atoms with Gasteiger partial charge in [0.1, 0.15) is 11.6 Å². The molecule has 0 bridgehead atoms. The molecular formula is C15H16FN3. The van der Waals surface area contributed by atoms with Gasteiger partial charge in [0.25, 0.3) is 0 Å². The van der Waals surface area contributed by atoms with Gasteiger partial charge in [0.15, 0.2) is 0 Å². The minimum Gasteiger partial charge on any atom is -0.326 e. The molecule has 1 saturated carbocycles. The second-order valence-corrected chi connectivity index (χ2v) is 4.81. The number of benzene rings is 1. The van der Waals surface area contributed by atoms with Gasteiger partial charge in [-0.3, -0.25) is 0 Å². The molecule has 2 N–H and O–H groups in total. The minimum absolute atomic E-state index is 0.217. The summed E-state index contributed by atoms with van der Waals surface area (Å²) in [6, 6.07) is 11.0. The summed E-state index contributed by atoms with van der Waals surface area (Å²) in [5.74, 6) is 0.678. The van der Waals surface area contributed by atoms with Crippen molar-refractivity contribution in [2.45, 2.75) is 25.4 Å². The predicted octanol–water partition coefficient (Wildman–Crippen LogP) is 2.98. The van der Waals surface area contributed by atoms with Crippen LogP contribution < -0.4 is 10.6 Å². The Kier molecular flexibility index (Phi) is 3.17. The number of pyridine rings is 1. The van der Waals surface area contributed by atoms with Crippen molar-refractivity contribution in [1.29, 1.82) is 0 Å². The van der Waals surface area contributed by atoms with Crippen LogP contribution >= 0.6 is 0 Å². The highest BCUT2D eigenvalue weighted by atomic mass is 19.1. The van der Waals surface area contributed by atoms with Crippen LogP contribution in [0, 0.1) is 5.82 Å². The van der Waals surface area contributed by atoms with E-state index in [0.717, 1.165) is 29.9 Å². The third-order valence-corrected chi connectivity index (χ3v) is 3.31. The predicted molar refractivity (Wildman–Crippen MR) is 73.7 cm³/mol. The molecule has 1 fully saturated rings. The van der Waals surface area contributed by atoms with Gasteiger partial charge in [0.05, 0.1) is 0 Å². The van der Waals surface area contributed by atoms with Crippen LogP contribution in [0.2, 0.25) is 0 Å². The molecule has 19 heavy (non-hydrogen) atoms. The van der Waals surface area contributed by atoms with Crippen LogP contribution in [0.25, 0.3) is 0 Å². The van der Waals surface area contributed by atoms with Crippen LogP contribution in [0.4, 0.5) is 15.9 Å². The first-order chi connectivity index (χ1) is 9.28. The highest BCUT2D eigenvalue weighted by molar-refractivity contribution is 5.62. The molecule has 0 spiro atoms. The molecule has 3 nitrogen and oxygen atoms in total. The van der Waals surface area contributed by atoms with Crippen LogP contribution in [0.3, 0.4) is 0 Å². The molecule has 0 unspecified atom stereocenters. The summed E-state index contributed by atoms with van der Waals surface area (Å²) in [7, 11) is 0. The van der Waals surface area contributed by atoms with Crippen molar-refractivity contribution in [3.8, 4) is 0 Å². The number of nitrogens with zero attached hydrogens (tertiary/aromatic N) is 2. The molecule has 0 amide bonds. The molecule has 1 aliphatic rings. The Balaban J connectivity index is 1.93. The minimum atomic E-state index is -0.217. The van der Waals surface area contributed by atoms with Crippen molar-refractivity contribution in [2.24, 2.45) is 5.73 Å². The van der Waals surface area contributed by atoms with E-state index in [9.17, 15) is 4.39 Å². The monoisotopic (exact) mass is 257 g/mol. The van der Waals surface area contributed by atoms with Gasteiger partial charge in [-0.1, -0.05) is 6.07 Å². The molecule has 1 heterocycles. The quantitative estimate of drug-likeness (QED) is 0.915. The maximum Gasteiger partial charge on any atom is 0.133 e. The SMILES string of the molecule is NCc1ccc(N(c2ccc(F)cc2)C2CC2)nc1. The van der Waals surface area contributed by atoms with Crippen LogP contribution in [0.1, 0.15) is 18.4 Å². The average molecular weight is 257 g/mol. The Morgan fingerprint density at radius 3 is 2.42 bits per heavy atom. The number of halogens is 1. The molecule has 3 rings (SSSR count). The Morgan fingerprint density at radius 2 is 1.89 bits per heavy atom. The van der Waals surface area contributed by atoms with Crippen molar-refractivity contribution in [3.63, 3.8) is 0 Å². The zero-order chi connectivity index (χ0) is 13.2. The number of hydrogen-bond acceptors (Lipinski definition) is 3. The number of aromatic nitrogens is 1. The summed E-state index contributed by atoms with van der Waals surface area (Å²) in [4.78, 5) is 6.63. The van der Waals surface area contributed by atoms with Crippen LogP contribution in [0.15, 0.2) is 42.6 Å². The van der Waals surface area contributed by atoms with Gasteiger partial charge in [-0.05, 0) is 48.7 Å². The van der Waals surface area contributed by atoms with Crippen molar-refractivity contribution >= 4 is 11.5 Å². The van der Waals surface area contributed by atoms with E-state index in [4.69, 9.17) is 5.73 Å². The highest BCUT2D eigenvalue weighted by Gasteiger charge is 2.31. The van der Waals surface area contributed by atoms with Gasteiger partial charge in [-0.2, -0.15) is 0 Å². The summed E-state index contributed by atoms with van der Waals surface area (Å²) in [5, 5.41) is 0. The zero-order valence-corrected chi connectivity index (χ0v) is 10.6. The molecule has 98 valence electrons. The normalized spacial score (nSPS) is 14.4. The number of anilines is 2. The first-order valence-electron chi connectivity index (χ1n) is 6.48. The second kappa shape index (κ2) is 4.97. The summed E-state index contributed by atoms with van der Waals surface area (Å²) >= 11 is 0. The first-order valence-corrected chi connectivity index (χ1v) is 6.48. The molecule has 2 aromatic rings. The molecule has 1 aromatic heterocycles. The van der Waals surface area contributed by atoms with Crippen LogP contribution in [-0.2, 0) is 6.54 Å². The van der Waals surface area contributed by atoms with E-state index in [1.54, 1.807) is 18.3 Å². The smallest absolute Gasteiger partial charge is 0.133 e. The molecule has 1 aliphatic carbocycles. The lowest BCUT2D eigenvalue weighted by Crippen LogP contribution is -2.20. The summed E-state index contributed by atoms with van der Waals surface area (Å²) in [6.07, 6.45) is 4.10. The standard InChI is InChI=1S/C15H16FN3/c16-12-2-4-13(5-3-12)19(14-6-7-14)15-8-1-11(9-17)10-18-15/h1-5,8,10,14H,6-7,9,17H2. The van der Waals surface area contributed by atoms with Gasteiger partial charge < -0.3 is 10.6 Å². The zero-order valence-electron chi connectivity index (χ0n) is 10.6. The van der Waals surface area contributed by atoms with E-state index in [1.807, 2.05) is 12.1 Å².